The number of aromatic nitrogens is 2. The molecule has 0 atom stereocenters. The lowest BCUT2D eigenvalue weighted by Gasteiger charge is -2.34. The zero-order valence-corrected chi connectivity index (χ0v) is 10.4. The van der Waals surface area contributed by atoms with E-state index in [0.29, 0.717) is 11.9 Å². The Hall–Kier alpha value is -1.39. The van der Waals surface area contributed by atoms with E-state index in [-0.39, 0.29) is 5.95 Å². The van der Waals surface area contributed by atoms with Crippen LogP contribution in [0.25, 0.3) is 0 Å². The Balaban J connectivity index is 2.13. The number of hydrogen-bond acceptors (Lipinski definition) is 4. The van der Waals surface area contributed by atoms with Crippen LogP contribution in [0.5, 0.6) is 0 Å². The third kappa shape index (κ3) is 2.65. The fourth-order valence-corrected chi connectivity index (χ4v) is 2.42. The summed E-state index contributed by atoms with van der Waals surface area (Å²) >= 11 is 0. The van der Waals surface area contributed by atoms with Crippen molar-refractivity contribution in [1.29, 1.82) is 0 Å². The Bertz CT molecular complexity index is 388. The Morgan fingerprint density at radius 3 is 2.65 bits per heavy atom. The van der Waals surface area contributed by atoms with E-state index in [0.717, 1.165) is 25.0 Å². The molecule has 1 aromatic heterocycles. The first-order chi connectivity index (χ1) is 8.08. The first-order valence-electron chi connectivity index (χ1n) is 6.08. The van der Waals surface area contributed by atoms with Gasteiger partial charge in [0.25, 0.3) is 0 Å². The van der Waals surface area contributed by atoms with Crippen molar-refractivity contribution in [1.82, 2.24) is 9.97 Å². The van der Waals surface area contributed by atoms with Gasteiger partial charge < -0.3 is 10.6 Å². The fraction of sp³-hybridized carbons (Fsp3) is 0.667. The van der Waals surface area contributed by atoms with Gasteiger partial charge in [0.05, 0.1) is 6.20 Å². The number of nitrogens with zero attached hydrogens (tertiary/aromatic N) is 3. The molecule has 0 radical (unpaired) electrons. The highest BCUT2D eigenvalue weighted by Crippen LogP contribution is 2.29. The summed E-state index contributed by atoms with van der Waals surface area (Å²) in [4.78, 5) is 9.53. The van der Waals surface area contributed by atoms with E-state index in [9.17, 15) is 4.39 Å². The Morgan fingerprint density at radius 1 is 1.35 bits per heavy atom. The minimum absolute atomic E-state index is 0.123. The van der Waals surface area contributed by atoms with Crippen molar-refractivity contribution in [3.8, 4) is 0 Å². The predicted molar refractivity (Wildman–Crippen MR) is 66.2 cm³/mol. The van der Waals surface area contributed by atoms with Crippen LogP contribution in [0.15, 0.2) is 6.20 Å². The Labute approximate surface area is 101 Å². The van der Waals surface area contributed by atoms with Gasteiger partial charge in [-0.2, -0.15) is 4.98 Å². The number of nitrogen functional groups attached to an aromatic ring is 1. The lowest BCUT2D eigenvalue weighted by molar-refractivity contribution is 0.338. The van der Waals surface area contributed by atoms with Gasteiger partial charge in [0.1, 0.15) is 0 Å². The summed E-state index contributed by atoms with van der Waals surface area (Å²) in [5, 5.41) is 0. The van der Waals surface area contributed by atoms with Gasteiger partial charge in [0, 0.05) is 13.1 Å². The maximum Gasteiger partial charge on any atom is 0.222 e. The van der Waals surface area contributed by atoms with Crippen molar-refractivity contribution in [2.45, 2.75) is 38.6 Å². The second-order valence-electron chi connectivity index (χ2n) is 4.92. The van der Waals surface area contributed by atoms with Gasteiger partial charge in [-0.1, -0.05) is 6.92 Å². The van der Waals surface area contributed by atoms with Gasteiger partial charge in [0.2, 0.25) is 5.95 Å². The minimum Gasteiger partial charge on any atom is -0.368 e. The van der Waals surface area contributed by atoms with Crippen molar-refractivity contribution in [3.05, 3.63) is 12.0 Å². The van der Waals surface area contributed by atoms with E-state index >= 15 is 0 Å². The molecule has 2 N–H and O–H groups in total. The third-order valence-electron chi connectivity index (χ3n) is 3.61. The molecule has 1 fully saturated rings. The molecule has 1 aliphatic rings. The first kappa shape index (κ1) is 12.1. The van der Waals surface area contributed by atoms with Crippen LogP contribution in [0.3, 0.4) is 0 Å². The molecule has 1 heterocycles. The number of hydrogen-bond donors (Lipinski definition) is 1. The summed E-state index contributed by atoms with van der Waals surface area (Å²) in [6.07, 6.45) is 5.69. The number of halogens is 1. The zero-order chi connectivity index (χ0) is 12.4. The standard InChI is InChI=1S/C12H19FN4/c1-8-3-5-9(6-4-8)17(2)11-10(13)7-15-12(14)16-11/h7-9H,3-6H2,1-2H3,(H2,14,15,16). The molecule has 0 aliphatic heterocycles. The molecule has 94 valence electrons. The van der Waals surface area contributed by atoms with Crippen LogP contribution in [0.2, 0.25) is 0 Å². The molecule has 1 saturated carbocycles. The second kappa shape index (κ2) is 4.85. The van der Waals surface area contributed by atoms with Crippen LogP contribution in [0, 0.1) is 11.7 Å². The van der Waals surface area contributed by atoms with Crippen LogP contribution >= 0.6 is 0 Å². The van der Waals surface area contributed by atoms with Crippen LogP contribution < -0.4 is 10.6 Å². The monoisotopic (exact) mass is 238 g/mol. The number of rotatable bonds is 2. The number of nitrogens with two attached hydrogens (primary N) is 1. The van der Waals surface area contributed by atoms with E-state index < -0.39 is 5.82 Å². The molecule has 17 heavy (non-hydrogen) atoms. The van der Waals surface area contributed by atoms with Crippen LogP contribution in [-0.4, -0.2) is 23.1 Å². The maximum absolute atomic E-state index is 13.6. The van der Waals surface area contributed by atoms with Crippen LogP contribution in [-0.2, 0) is 0 Å². The van der Waals surface area contributed by atoms with Gasteiger partial charge in [-0.15, -0.1) is 0 Å². The van der Waals surface area contributed by atoms with Gasteiger partial charge in [-0.05, 0) is 31.6 Å². The van der Waals surface area contributed by atoms with E-state index in [1.165, 1.54) is 12.8 Å². The molecule has 2 rings (SSSR count). The van der Waals surface area contributed by atoms with Crippen LogP contribution in [0.4, 0.5) is 16.2 Å². The van der Waals surface area contributed by atoms with E-state index in [4.69, 9.17) is 5.73 Å². The van der Waals surface area contributed by atoms with Gasteiger partial charge >= 0.3 is 0 Å². The largest absolute Gasteiger partial charge is 0.368 e. The van der Waals surface area contributed by atoms with E-state index in [2.05, 4.69) is 16.9 Å². The van der Waals surface area contributed by atoms with Gasteiger partial charge in [-0.3, -0.25) is 0 Å². The fourth-order valence-electron chi connectivity index (χ4n) is 2.42. The molecule has 0 amide bonds. The van der Waals surface area contributed by atoms with Crippen LogP contribution in [0.1, 0.15) is 32.6 Å². The summed E-state index contributed by atoms with van der Waals surface area (Å²) in [5.74, 6) is 0.815. The molecule has 1 aromatic rings. The lowest BCUT2D eigenvalue weighted by Crippen LogP contribution is -2.36. The molecule has 0 unspecified atom stereocenters. The molecule has 0 bridgehead atoms. The molecule has 1 aliphatic carbocycles. The van der Waals surface area contributed by atoms with Crippen molar-refractivity contribution < 1.29 is 4.39 Å². The Morgan fingerprint density at radius 2 is 2.00 bits per heavy atom. The first-order valence-corrected chi connectivity index (χ1v) is 6.08. The molecule has 4 nitrogen and oxygen atoms in total. The maximum atomic E-state index is 13.6. The van der Waals surface area contributed by atoms with E-state index in [1.54, 1.807) is 0 Å². The summed E-state index contributed by atoms with van der Waals surface area (Å²) in [6, 6.07) is 0.356. The van der Waals surface area contributed by atoms with Crippen molar-refractivity contribution in [2.24, 2.45) is 5.92 Å². The van der Waals surface area contributed by atoms with Crippen molar-refractivity contribution >= 4 is 11.8 Å². The summed E-state index contributed by atoms with van der Waals surface area (Å²) < 4.78 is 13.6. The predicted octanol–water partition coefficient (Wildman–Crippen LogP) is 2.21. The molecule has 0 spiro atoms. The quantitative estimate of drug-likeness (QED) is 0.858. The SMILES string of the molecule is CC1CCC(N(C)c2nc(N)ncc2F)CC1. The summed E-state index contributed by atoms with van der Waals surface area (Å²) in [7, 11) is 1.88. The highest BCUT2D eigenvalue weighted by molar-refractivity contribution is 5.42. The highest BCUT2D eigenvalue weighted by Gasteiger charge is 2.24. The van der Waals surface area contributed by atoms with Gasteiger partial charge in [-0.25, -0.2) is 9.37 Å². The molecular weight excluding hydrogens is 219 g/mol. The smallest absolute Gasteiger partial charge is 0.222 e. The minimum atomic E-state index is -0.402. The van der Waals surface area contributed by atoms with E-state index in [1.807, 2.05) is 11.9 Å². The second-order valence-corrected chi connectivity index (χ2v) is 4.92. The topological polar surface area (TPSA) is 55.0 Å². The van der Waals surface area contributed by atoms with Crippen molar-refractivity contribution in [2.75, 3.05) is 17.7 Å². The third-order valence-corrected chi connectivity index (χ3v) is 3.61. The summed E-state index contributed by atoms with van der Waals surface area (Å²) in [5.41, 5.74) is 5.50. The average molecular weight is 238 g/mol. The molecule has 0 saturated heterocycles. The lowest BCUT2D eigenvalue weighted by atomic mass is 9.87. The zero-order valence-electron chi connectivity index (χ0n) is 10.4. The van der Waals surface area contributed by atoms with Gasteiger partial charge in [0.15, 0.2) is 11.6 Å². The number of anilines is 2. The molecule has 5 heteroatoms. The average Bonchev–Trinajstić information content (AvgIpc) is 2.32. The molecular formula is C12H19FN4. The molecule has 0 aromatic carbocycles. The Kier molecular flexibility index (Phi) is 3.45. The highest BCUT2D eigenvalue weighted by atomic mass is 19.1. The normalized spacial score (nSPS) is 24.6. The van der Waals surface area contributed by atoms with Crippen molar-refractivity contribution in [3.63, 3.8) is 0 Å². The summed E-state index contributed by atoms with van der Waals surface area (Å²) in [6.45, 7) is 2.26.